The van der Waals surface area contributed by atoms with Gasteiger partial charge >= 0.3 is 0 Å². The van der Waals surface area contributed by atoms with E-state index < -0.39 is 0 Å². The van der Waals surface area contributed by atoms with E-state index in [1.807, 2.05) is 26.2 Å². The molecule has 5 heteroatoms. The molecular weight excluding hydrogens is 228 g/mol. The monoisotopic (exact) mass is 246 g/mol. The van der Waals surface area contributed by atoms with Crippen LogP contribution in [0.1, 0.15) is 29.8 Å². The Morgan fingerprint density at radius 2 is 2.00 bits per heavy atom. The first-order valence-electron chi connectivity index (χ1n) is 6.08. The average molecular weight is 246 g/mol. The molecule has 96 valence electrons. The zero-order chi connectivity index (χ0) is 13.0. The molecule has 0 amide bonds. The molecule has 0 bridgehead atoms. The predicted molar refractivity (Wildman–Crippen MR) is 67.8 cm³/mol. The Balaban J connectivity index is 1.91. The molecule has 0 saturated carbocycles. The van der Waals surface area contributed by atoms with Gasteiger partial charge in [0.15, 0.2) is 5.76 Å². The normalized spacial score (nSPS) is 11.1. The minimum atomic E-state index is 0.725. The van der Waals surface area contributed by atoms with Crippen LogP contribution in [-0.4, -0.2) is 27.1 Å². The Morgan fingerprint density at radius 3 is 2.61 bits per heavy atom. The van der Waals surface area contributed by atoms with Gasteiger partial charge < -0.3 is 4.52 Å². The molecule has 0 unspecified atom stereocenters. The van der Waals surface area contributed by atoms with Crippen molar-refractivity contribution < 1.29 is 4.52 Å². The average Bonchev–Trinajstić information content (AvgIpc) is 2.79. The summed E-state index contributed by atoms with van der Waals surface area (Å²) in [5, 5.41) is 3.98. The molecule has 0 aliphatic rings. The van der Waals surface area contributed by atoms with Gasteiger partial charge in [0, 0.05) is 25.0 Å². The molecule has 2 aromatic heterocycles. The summed E-state index contributed by atoms with van der Waals surface area (Å²) in [5.41, 5.74) is 2.89. The highest BCUT2D eigenvalue weighted by Gasteiger charge is 2.07. The lowest BCUT2D eigenvalue weighted by Crippen LogP contribution is -2.17. The lowest BCUT2D eigenvalue weighted by atomic mass is 10.3. The number of aromatic nitrogens is 3. The zero-order valence-corrected chi connectivity index (χ0v) is 11.1. The second-order valence-corrected chi connectivity index (χ2v) is 4.46. The Labute approximate surface area is 107 Å². The second-order valence-electron chi connectivity index (χ2n) is 4.46. The second kappa shape index (κ2) is 5.73. The van der Waals surface area contributed by atoms with Crippen molar-refractivity contribution in [1.82, 2.24) is 20.0 Å². The molecule has 0 radical (unpaired) electrons. The SMILES string of the molecule is CCc1cc(CN(C)Cc2cnc(C)cn2)on1. The van der Waals surface area contributed by atoms with Crippen molar-refractivity contribution >= 4 is 0 Å². The van der Waals surface area contributed by atoms with Gasteiger partial charge in [-0.25, -0.2) is 0 Å². The fourth-order valence-corrected chi connectivity index (χ4v) is 1.70. The summed E-state index contributed by atoms with van der Waals surface area (Å²) < 4.78 is 5.26. The molecule has 0 spiro atoms. The first-order chi connectivity index (χ1) is 8.67. The van der Waals surface area contributed by atoms with E-state index >= 15 is 0 Å². The van der Waals surface area contributed by atoms with E-state index in [2.05, 4.69) is 26.9 Å². The van der Waals surface area contributed by atoms with Crippen molar-refractivity contribution in [1.29, 1.82) is 0 Å². The maximum absolute atomic E-state index is 5.26. The summed E-state index contributed by atoms with van der Waals surface area (Å²) in [7, 11) is 2.02. The maximum Gasteiger partial charge on any atom is 0.150 e. The number of rotatable bonds is 5. The summed E-state index contributed by atoms with van der Waals surface area (Å²) in [6.07, 6.45) is 4.49. The standard InChI is InChI=1S/C13H18N4O/c1-4-11-5-13(18-16-11)9-17(3)8-12-7-14-10(2)6-15-12/h5-7H,4,8-9H2,1-3H3. The van der Waals surface area contributed by atoms with Crippen molar-refractivity contribution in [2.75, 3.05) is 7.05 Å². The third-order valence-corrected chi connectivity index (χ3v) is 2.66. The van der Waals surface area contributed by atoms with E-state index in [0.29, 0.717) is 0 Å². The molecule has 5 nitrogen and oxygen atoms in total. The molecule has 2 heterocycles. The van der Waals surface area contributed by atoms with Gasteiger partial charge in [-0.3, -0.25) is 14.9 Å². The molecule has 2 rings (SSSR count). The molecule has 0 aliphatic heterocycles. The van der Waals surface area contributed by atoms with Crippen LogP contribution in [0.15, 0.2) is 23.0 Å². The topological polar surface area (TPSA) is 55.1 Å². The van der Waals surface area contributed by atoms with Gasteiger partial charge in [0.25, 0.3) is 0 Å². The smallest absolute Gasteiger partial charge is 0.150 e. The molecule has 18 heavy (non-hydrogen) atoms. The fourth-order valence-electron chi connectivity index (χ4n) is 1.70. The van der Waals surface area contributed by atoms with Gasteiger partial charge in [0.05, 0.1) is 23.6 Å². The Bertz CT molecular complexity index is 492. The lowest BCUT2D eigenvalue weighted by Gasteiger charge is -2.13. The van der Waals surface area contributed by atoms with Gasteiger partial charge in [-0.1, -0.05) is 12.1 Å². The number of hydrogen-bond acceptors (Lipinski definition) is 5. The highest BCUT2D eigenvalue weighted by Crippen LogP contribution is 2.08. The molecule has 0 N–H and O–H groups in total. The zero-order valence-electron chi connectivity index (χ0n) is 11.1. The number of aryl methyl sites for hydroxylation is 2. The minimum absolute atomic E-state index is 0.725. The third kappa shape index (κ3) is 3.37. The van der Waals surface area contributed by atoms with Gasteiger partial charge in [0.1, 0.15) is 0 Å². The number of nitrogens with zero attached hydrogens (tertiary/aromatic N) is 4. The van der Waals surface area contributed by atoms with Crippen LogP contribution >= 0.6 is 0 Å². The Hall–Kier alpha value is -1.75. The number of hydrogen-bond donors (Lipinski definition) is 0. The lowest BCUT2D eigenvalue weighted by molar-refractivity contribution is 0.263. The first kappa shape index (κ1) is 12.7. The van der Waals surface area contributed by atoms with Crippen molar-refractivity contribution in [3.8, 4) is 0 Å². The fraction of sp³-hybridized carbons (Fsp3) is 0.462. The Kier molecular flexibility index (Phi) is 4.04. The summed E-state index contributed by atoms with van der Waals surface area (Å²) in [4.78, 5) is 10.7. The predicted octanol–water partition coefficient (Wildman–Crippen LogP) is 1.97. The molecule has 0 atom stereocenters. The van der Waals surface area contributed by atoms with Crippen LogP contribution in [0.5, 0.6) is 0 Å². The van der Waals surface area contributed by atoms with Crippen LogP contribution in [-0.2, 0) is 19.5 Å². The van der Waals surface area contributed by atoms with Crippen molar-refractivity contribution in [3.05, 3.63) is 41.3 Å². The third-order valence-electron chi connectivity index (χ3n) is 2.66. The van der Waals surface area contributed by atoms with Crippen molar-refractivity contribution in [2.24, 2.45) is 0 Å². The molecule has 0 aromatic carbocycles. The molecule has 2 aromatic rings. The quantitative estimate of drug-likeness (QED) is 0.807. The van der Waals surface area contributed by atoms with E-state index in [4.69, 9.17) is 4.52 Å². The van der Waals surface area contributed by atoms with Crippen LogP contribution in [0.2, 0.25) is 0 Å². The Morgan fingerprint density at radius 1 is 1.17 bits per heavy atom. The highest BCUT2D eigenvalue weighted by atomic mass is 16.5. The minimum Gasteiger partial charge on any atom is -0.360 e. The van der Waals surface area contributed by atoms with Gasteiger partial charge in [-0.2, -0.15) is 0 Å². The first-order valence-corrected chi connectivity index (χ1v) is 6.08. The van der Waals surface area contributed by atoms with Gasteiger partial charge in [-0.05, 0) is 20.4 Å². The van der Waals surface area contributed by atoms with Crippen molar-refractivity contribution in [3.63, 3.8) is 0 Å². The molecule has 0 aliphatic carbocycles. The molecular formula is C13H18N4O. The van der Waals surface area contributed by atoms with E-state index in [1.165, 1.54) is 0 Å². The van der Waals surface area contributed by atoms with E-state index in [1.54, 1.807) is 6.20 Å². The molecule has 0 saturated heterocycles. The van der Waals surface area contributed by atoms with Gasteiger partial charge in [-0.15, -0.1) is 0 Å². The van der Waals surface area contributed by atoms with Crippen LogP contribution in [0.4, 0.5) is 0 Å². The van der Waals surface area contributed by atoms with E-state index in [9.17, 15) is 0 Å². The van der Waals surface area contributed by atoms with Crippen molar-refractivity contribution in [2.45, 2.75) is 33.4 Å². The highest BCUT2D eigenvalue weighted by molar-refractivity contribution is 5.05. The van der Waals surface area contributed by atoms with Crippen LogP contribution in [0, 0.1) is 6.92 Å². The maximum atomic E-state index is 5.26. The van der Waals surface area contributed by atoms with Crippen LogP contribution in [0.3, 0.4) is 0 Å². The van der Waals surface area contributed by atoms with E-state index in [0.717, 1.165) is 42.4 Å². The van der Waals surface area contributed by atoms with E-state index in [-0.39, 0.29) is 0 Å². The summed E-state index contributed by atoms with van der Waals surface area (Å²) in [6.45, 7) is 5.46. The van der Waals surface area contributed by atoms with Crippen LogP contribution < -0.4 is 0 Å². The molecule has 0 fully saturated rings. The summed E-state index contributed by atoms with van der Waals surface area (Å²) >= 11 is 0. The summed E-state index contributed by atoms with van der Waals surface area (Å²) in [5.74, 6) is 0.884. The largest absolute Gasteiger partial charge is 0.360 e. The van der Waals surface area contributed by atoms with Crippen LogP contribution in [0.25, 0.3) is 0 Å². The van der Waals surface area contributed by atoms with Gasteiger partial charge in [0.2, 0.25) is 0 Å². The summed E-state index contributed by atoms with van der Waals surface area (Å²) in [6, 6.07) is 2.00.